The molecule has 1 unspecified atom stereocenters. The molecule has 66 valence electrons. The molecular formula is C10H14O2. The van der Waals surface area contributed by atoms with Crippen LogP contribution in [0.3, 0.4) is 0 Å². The van der Waals surface area contributed by atoms with Gasteiger partial charge in [-0.1, -0.05) is 11.6 Å². The van der Waals surface area contributed by atoms with Crippen LogP contribution in [0.25, 0.3) is 0 Å². The van der Waals surface area contributed by atoms with Gasteiger partial charge in [-0.05, 0) is 37.8 Å². The van der Waals surface area contributed by atoms with Crippen LogP contribution in [0.5, 0.6) is 0 Å². The summed E-state index contributed by atoms with van der Waals surface area (Å²) in [6, 6.07) is 0. The lowest BCUT2D eigenvalue weighted by Gasteiger charge is -2.20. The molecule has 0 aromatic carbocycles. The van der Waals surface area contributed by atoms with E-state index in [1.807, 2.05) is 6.92 Å². The third kappa shape index (κ3) is 2.05. The number of aldehydes is 1. The Kier molecular flexibility index (Phi) is 3.23. The minimum Gasteiger partial charge on any atom is -0.388 e. The van der Waals surface area contributed by atoms with E-state index in [4.69, 9.17) is 0 Å². The molecule has 12 heavy (non-hydrogen) atoms. The Morgan fingerprint density at radius 2 is 2.33 bits per heavy atom. The summed E-state index contributed by atoms with van der Waals surface area (Å²) in [6.45, 7) is 2.01. The SMILES string of the molecule is CC1=C(/C=C/C=O)C(O)CCC1. The fourth-order valence-electron chi connectivity index (χ4n) is 1.54. The smallest absolute Gasteiger partial charge is 0.142 e. The summed E-state index contributed by atoms with van der Waals surface area (Å²) < 4.78 is 0. The molecule has 0 aromatic heterocycles. The van der Waals surface area contributed by atoms with Crippen LogP contribution in [0.4, 0.5) is 0 Å². The van der Waals surface area contributed by atoms with Crippen LogP contribution < -0.4 is 0 Å². The van der Waals surface area contributed by atoms with Crippen molar-refractivity contribution >= 4 is 6.29 Å². The molecule has 0 saturated heterocycles. The summed E-state index contributed by atoms with van der Waals surface area (Å²) in [7, 11) is 0. The summed E-state index contributed by atoms with van der Waals surface area (Å²) >= 11 is 0. The summed E-state index contributed by atoms with van der Waals surface area (Å²) in [6.07, 6.45) is 6.42. The predicted octanol–water partition coefficient (Wildman–Crippen LogP) is 1.60. The third-order valence-electron chi connectivity index (χ3n) is 2.24. The van der Waals surface area contributed by atoms with Gasteiger partial charge in [0.2, 0.25) is 0 Å². The van der Waals surface area contributed by atoms with Gasteiger partial charge in [0.1, 0.15) is 6.29 Å². The molecule has 0 fully saturated rings. The van der Waals surface area contributed by atoms with Crippen LogP contribution in [-0.2, 0) is 4.79 Å². The minimum absolute atomic E-state index is 0.366. The largest absolute Gasteiger partial charge is 0.388 e. The number of rotatable bonds is 2. The molecule has 1 aliphatic carbocycles. The molecule has 1 rings (SSSR count). The van der Waals surface area contributed by atoms with Crippen LogP contribution in [0.2, 0.25) is 0 Å². The minimum atomic E-state index is -0.366. The number of carbonyl (C=O) groups excluding carboxylic acids is 1. The maximum Gasteiger partial charge on any atom is 0.142 e. The molecule has 1 atom stereocenters. The van der Waals surface area contributed by atoms with Crippen molar-refractivity contribution in [2.24, 2.45) is 0 Å². The first-order valence-corrected chi connectivity index (χ1v) is 4.25. The molecular weight excluding hydrogens is 152 g/mol. The Bertz CT molecular complexity index is 226. The van der Waals surface area contributed by atoms with Crippen molar-refractivity contribution in [3.63, 3.8) is 0 Å². The predicted molar refractivity (Wildman–Crippen MR) is 47.8 cm³/mol. The fraction of sp³-hybridized carbons (Fsp3) is 0.500. The van der Waals surface area contributed by atoms with Gasteiger partial charge in [-0.3, -0.25) is 4.79 Å². The van der Waals surface area contributed by atoms with E-state index >= 15 is 0 Å². The van der Waals surface area contributed by atoms with E-state index in [1.165, 1.54) is 11.6 Å². The zero-order valence-corrected chi connectivity index (χ0v) is 7.29. The summed E-state index contributed by atoms with van der Waals surface area (Å²) in [4.78, 5) is 10.1. The first kappa shape index (κ1) is 9.20. The second-order valence-corrected chi connectivity index (χ2v) is 3.14. The van der Waals surface area contributed by atoms with Crippen LogP contribution >= 0.6 is 0 Å². The lowest BCUT2D eigenvalue weighted by atomic mass is 9.90. The molecule has 2 heteroatoms. The quantitative estimate of drug-likeness (QED) is 0.499. The molecule has 0 bridgehead atoms. The average molecular weight is 166 g/mol. The molecule has 0 aliphatic heterocycles. The normalized spacial score (nSPS) is 25.0. The van der Waals surface area contributed by atoms with Gasteiger partial charge in [-0.15, -0.1) is 0 Å². The van der Waals surface area contributed by atoms with Crippen LogP contribution in [0.15, 0.2) is 23.3 Å². The lowest BCUT2D eigenvalue weighted by Crippen LogP contribution is -2.14. The maximum absolute atomic E-state index is 10.1. The van der Waals surface area contributed by atoms with Crippen LogP contribution in [0.1, 0.15) is 26.2 Å². The van der Waals surface area contributed by atoms with E-state index in [2.05, 4.69) is 0 Å². The highest BCUT2D eigenvalue weighted by molar-refractivity contribution is 5.66. The highest BCUT2D eigenvalue weighted by Gasteiger charge is 2.15. The molecule has 0 spiro atoms. The van der Waals surface area contributed by atoms with Gasteiger partial charge >= 0.3 is 0 Å². The first-order valence-electron chi connectivity index (χ1n) is 4.25. The molecule has 0 saturated carbocycles. The van der Waals surface area contributed by atoms with Crippen molar-refractivity contribution in [2.75, 3.05) is 0 Å². The number of allylic oxidation sites excluding steroid dienone is 2. The van der Waals surface area contributed by atoms with Crippen molar-refractivity contribution in [1.29, 1.82) is 0 Å². The number of carbonyl (C=O) groups is 1. The molecule has 1 aliphatic rings. The highest BCUT2D eigenvalue weighted by Crippen LogP contribution is 2.25. The lowest BCUT2D eigenvalue weighted by molar-refractivity contribution is -0.104. The van der Waals surface area contributed by atoms with Crippen LogP contribution in [-0.4, -0.2) is 17.5 Å². The van der Waals surface area contributed by atoms with Gasteiger partial charge in [-0.25, -0.2) is 0 Å². The van der Waals surface area contributed by atoms with Gasteiger partial charge in [0.25, 0.3) is 0 Å². The number of aliphatic hydroxyl groups excluding tert-OH is 1. The van der Waals surface area contributed by atoms with Crippen molar-refractivity contribution in [3.05, 3.63) is 23.3 Å². The summed E-state index contributed by atoms with van der Waals surface area (Å²) in [5.74, 6) is 0. The Balaban J connectivity index is 2.80. The van der Waals surface area contributed by atoms with Crippen molar-refractivity contribution in [1.82, 2.24) is 0 Å². The van der Waals surface area contributed by atoms with Gasteiger partial charge in [0.05, 0.1) is 6.10 Å². The monoisotopic (exact) mass is 166 g/mol. The Morgan fingerprint density at radius 3 is 2.92 bits per heavy atom. The molecule has 0 aromatic rings. The van der Waals surface area contributed by atoms with E-state index in [-0.39, 0.29) is 6.10 Å². The van der Waals surface area contributed by atoms with Gasteiger partial charge in [-0.2, -0.15) is 0 Å². The number of hydrogen-bond donors (Lipinski definition) is 1. The second-order valence-electron chi connectivity index (χ2n) is 3.14. The zero-order chi connectivity index (χ0) is 8.97. The van der Waals surface area contributed by atoms with E-state index in [0.717, 1.165) is 31.1 Å². The van der Waals surface area contributed by atoms with Gasteiger partial charge in [0.15, 0.2) is 0 Å². The third-order valence-corrected chi connectivity index (χ3v) is 2.24. The summed E-state index contributed by atoms with van der Waals surface area (Å²) in [5.41, 5.74) is 2.13. The Hall–Kier alpha value is -0.890. The Morgan fingerprint density at radius 1 is 1.58 bits per heavy atom. The maximum atomic E-state index is 10.1. The van der Waals surface area contributed by atoms with E-state index in [1.54, 1.807) is 6.08 Å². The molecule has 0 heterocycles. The standard InChI is InChI=1S/C10H14O2/c1-8-4-2-6-10(12)9(8)5-3-7-11/h3,5,7,10,12H,2,4,6H2,1H3/b5-3+. The van der Waals surface area contributed by atoms with Crippen LogP contribution in [0, 0.1) is 0 Å². The molecule has 2 nitrogen and oxygen atoms in total. The molecule has 0 amide bonds. The molecule has 1 N–H and O–H groups in total. The van der Waals surface area contributed by atoms with Gasteiger partial charge < -0.3 is 5.11 Å². The van der Waals surface area contributed by atoms with Gasteiger partial charge in [0, 0.05) is 0 Å². The van der Waals surface area contributed by atoms with E-state index in [0.29, 0.717) is 0 Å². The topological polar surface area (TPSA) is 37.3 Å². The summed E-state index contributed by atoms with van der Waals surface area (Å²) in [5, 5.41) is 9.54. The molecule has 0 radical (unpaired) electrons. The zero-order valence-electron chi connectivity index (χ0n) is 7.29. The van der Waals surface area contributed by atoms with Crippen molar-refractivity contribution in [2.45, 2.75) is 32.3 Å². The van der Waals surface area contributed by atoms with E-state index in [9.17, 15) is 9.90 Å². The second kappa shape index (κ2) is 4.21. The number of aliphatic hydroxyl groups is 1. The van der Waals surface area contributed by atoms with E-state index < -0.39 is 0 Å². The highest BCUT2D eigenvalue weighted by atomic mass is 16.3. The first-order chi connectivity index (χ1) is 5.75. The Labute approximate surface area is 72.6 Å². The fourth-order valence-corrected chi connectivity index (χ4v) is 1.54. The average Bonchev–Trinajstić information content (AvgIpc) is 2.04. The van der Waals surface area contributed by atoms with Crippen molar-refractivity contribution < 1.29 is 9.90 Å². The van der Waals surface area contributed by atoms with Crippen molar-refractivity contribution in [3.8, 4) is 0 Å². The number of hydrogen-bond acceptors (Lipinski definition) is 2.